The Labute approximate surface area is 141 Å². The number of aliphatic hydroxyl groups excluding tert-OH is 1. The van der Waals surface area contributed by atoms with Crippen molar-refractivity contribution in [2.75, 3.05) is 45.5 Å². The fraction of sp³-hybridized carbons (Fsp3) is 0.867. The summed E-state index contributed by atoms with van der Waals surface area (Å²) in [5.74, 6) is -0.107. The van der Waals surface area contributed by atoms with Crippen LogP contribution in [0.25, 0.3) is 0 Å². The average molecular weight is 344 g/mol. The lowest BCUT2D eigenvalue weighted by Crippen LogP contribution is -2.55. The van der Waals surface area contributed by atoms with Crippen LogP contribution in [0, 0.1) is 0 Å². The molecule has 2 aliphatic rings. The fourth-order valence-electron chi connectivity index (χ4n) is 3.08. The molecular weight excluding hydrogens is 316 g/mol. The quantitative estimate of drug-likeness (QED) is 0.563. The Morgan fingerprint density at radius 3 is 2.52 bits per heavy atom. The van der Waals surface area contributed by atoms with Crippen molar-refractivity contribution in [2.45, 2.75) is 36.7 Å². The van der Waals surface area contributed by atoms with Gasteiger partial charge in [-0.2, -0.15) is 11.8 Å². The molecule has 4 N–H and O–H groups in total. The van der Waals surface area contributed by atoms with Crippen molar-refractivity contribution in [2.24, 2.45) is 5.73 Å². The number of nitrogens with one attached hydrogen (secondary N) is 1. The molecule has 0 bridgehead atoms. The van der Waals surface area contributed by atoms with Gasteiger partial charge in [-0.25, -0.2) is 0 Å². The zero-order valence-electron chi connectivity index (χ0n) is 13.7. The second-order valence-electron chi connectivity index (χ2n) is 6.15. The first kappa shape index (κ1) is 18.5. The van der Waals surface area contributed by atoms with Gasteiger partial charge in [0.15, 0.2) is 0 Å². The predicted molar refractivity (Wildman–Crippen MR) is 91.2 cm³/mol. The maximum Gasteiger partial charge on any atom is 0.251 e. The van der Waals surface area contributed by atoms with Gasteiger partial charge in [-0.15, -0.1) is 0 Å². The third-order valence-electron chi connectivity index (χ3n) is 4.59. The Morgan fingerprint density at radius 2 is 1.96 bits per heavy atom. The van der Waals surface area contributed by atoms with Crippen LogP contribution in [-0.4, -0.2) is 89.6 Å². The Balaban J connectivity index is 1.77. The molecule has 2 rings (SSSR count). The molecule has 0 aliphatic carbocycles. The van der Waals surface area contributed by atoms with Crippen LogP contribution in [0.2, 0.25) is 0 Å². The summed E-state index contributed by atoms with van der Waals surface area (Å²) in [6.45, 7) is 3.40. The van der Waals surface area contributed by atoms with Crippen LogP contribution in [0.15, 0.2) is 0 Å². The number of amides is 2. The summed E-state index contributed by atoms with van der Waals surface area (Å²) in [4.78, 5) is 28.1. The van der Waals surface area contributed by atoms with Gasteiger partial charge in [-0.1, -0.05) is 0 Å². The number of hydrogen-bond acceptors (Lipinski definition) is 6. The summed E-state index contributed by atoms with van der Waals surface area (Å²) < 4.78 is 0. The summed E-state index contributed by atoms with van der Waals surface area (Å²) in [7, 11) is 0. The zero-order chi connectivity index (χ0) is 16.8. The first-order valence-corrected chi connectivity index (χ1v) is 9.57. The lowest BCUT2D eigenvalue weighted by molar-refractivity contribution is -0.146. The number of carbonyl (C=O) groups excluding carboxylic acids is 2. The van der Waals surface area contributed by atoms with Gasteiger partial charge in [0, 0.05) is 38.0 Å². The normalized spacial score (nSPS) is 26.4. The molecule has 2 heterocycles. The molecule has 2 aliphatic heterocycles. The van der Waals surface area contributed by atoms with Gasteiger partial charge in [0.1, 0.15) is 6.10 Å². The number of rotatable bonds is 6. The molecule has 2 fully saturated rings. The highest BCUT2D eigenvalue weighted by Crippen LogP contribution is 2.20. The number of thioether (sulfide) groups is 1. The van der Waals surface area contributed by atoms with Crippen molar-refractivity contribution < 1.29 is 14.7 Å². The number of piperazine rings is 1. The van der Waals surface area contributed by atoms with E-state index in [2.05, 4.69) is 11.6 Å². The summed E-state index contributed by atoms with van der Waals surface area (Å²) in [6, 6.07) is -0.0927. The van der Waals surface area contributed by atoms with Crippen molar-refractivity contribution in [3.63, 3.8) is 0 Å². The molecule has 2 amide bonds. The van der Waals surface area contributed by atoms with E-state index in [-0.39, 0.29) is 17.9 Å². The lowest BCUT2D eigenvalue weighted by atomic mass is 10.1. The van der Waals surface area contributed by atoms with Gasteiger partial charge in [-0.05, 0) is 32.1 Å². The van der Waals surface area contributed by atoms with E-state index >= 15 is 0 Å². The smallest absolute Gasteiger partial charge is 0.251 e. The zero-order valence-corrected chi connectivity index (χ0v) is 14.6. The lowest BCUT2D eigenvalue weighted by Gasteiger charge is -2.36. The van der Waals surface area contributed by atoms with Crippen LogP contribution in [0.4, 0.5) is 0 Å². The minimum atomic E-state index is -0.973. The Morgan fingerprint density at radius 1 is 1.30 bits per heavy atom. The SMILES string of the molecule is CSC1CNC(C(=O)N2CCN(C(=O)C(O)CCCN)CC2)C1. The maximum atomic E-state index is 12.5. The largest absolute Gasteiger partial charge is 0.383 e. The van der Waals surface area contributed by atoms with Gasteiger partial charge in [0.2, 0.25) is 5.91 Å². The van der Waals surface area contributed by atoms with E-state index in [1.54, 1.807) is 16.7 Å². The van der Waals surface area contributed by atoms with Gasteiger partial charge in [0.05, 0.1) is 6.04 Å². The van der Waals surface area contributed by atoms with Crippen molar-refractivity contribution in [1.29, 1.82) is 0 Å². The molecule has 8 heteroatoms. The molecule has 3 unspecified atom stereocenters. The van der Waals surface area contributed by atoms with E-state index in [0.717, 1.165) is 13.0 Å². The molecule has 0 spiro atoms. The van der Waals surface area contributed by atoms with Gasteiger partial charge >= 0.3 is 0 Å². The van der Waals surface area contributed by atoms with Gasteiger partial charge < -0.3 is 26.0 Å². The number of aliphatic hydroxyl groups is 1. The topological polar surface area (TPSA) is 98.9 Å². The first-order chi connectivity index (χ1) is 11.1. The van der Waals surface area contributed by atoms with E-state index < -0.39 is 6.10 Å². The second-order valence-corrected chi connectivity index (χ2v) is 7.29. The standard InChI is InChI=1S/C15H28N4O3S/c1-23-11-9-12(17-10-11)14(21)18-5-7-19(8-6-18)15(22)13(20)3-2-4-16/h11-13,17,20H,2-10,16H2,1H3. The van der Waals surface area contributed by atoms with Crippen LogP contribution in [0.5, 0.6) is 0 Å². The number of nitrogens with two attached hydrogens (primary N) is 1. The van der Waals surface area contributed by atoms with E-state index in [9.17, 15) is 14.7 Å². The first-order valence-electron chi connectivity index (χ1n) is 8.28. The third kappa shape index (κ3) is 4.82. The molecule has 0 aromatic carbocycles. The van der Waals surface area contributed by atoms with Crippen LogP contribution < -0.4 is 11.1 Å². The van der Waals surface area contributed by atoms with Gasteiger partial charge in [0.25, 0.3) is 5.91 Å². The monoisotopic (exact) mass is 344 g/mol. The summed E-state index contributed by atoms with van der Waals surface area (Å²) >= 11 is 1.79. The molecule has 0 aromatic rings. The van der Waals surface area contributed by atoms with Crippen LogP contribution in [-0.2, 0) is 9.59 Å². The van der Waals surface area contributed by atoms with Gasteiger partial charge in [-0.3, -0.25) is 9.59 Å². The average Bonchev–Trinajstić information content (AvgIpc) is 3.07. The number of carbonyl (C=O) groups is 2. The Bertz CT molecular complexity index is 416. The summed E-state index contributed by atoms with van der Waals surface area (Å²) in [5.41, 5.74) is 5.40. The number of nitrogens with zero attached hydrogens (tertiary/aromatic N) is 2. The van der Waals surface area contributed by atoms with Crippen LogP contribution in [0.3, 0.4) is 0 Å². The highest BCUT2D eigenvalue weighted by Gasteiger charge is 2.34. The molecule has 0 aromatic heterocycles. The Kier molecular flexibility index (Phi) is 7.13. The van der Waals surface area contributed by atoms with Crippen molar-refractivity contribution >= 4 is 23.6 Å². The molecule has 0 saturated carbocycles. The van der Waals surface area contributed by atoms with E-state index in [1.807, 2.05) is 4.90 Å². The summed E-state index contributed by atoms with van der Waals surface area (Å²) in [5, 5.41) is 13.7. The van der Waals surface area contributed by atoms with Crippen LogP contribution >= 0.6 is 11.8 Å². The minimum absolute atomic E-state index is 0.0927. The van der Waals surface area contributed by atoms with E-state index in [4.69, 9.17) is 5.73 Å². The van der Waals surface area contributed by atoms with E-state index in [0.29, 0.717) is 50.8 Å². The van der Waals surface area contributed by atoms with Crippen molar-refractivity contribution in [3.05, 3.63) is 0 Å². The second kappa shape index (κ2) is 8.86. The highest BCUT2D eigenvalue weighted by atomic mass is 32.2. The molecule has 2 saturated heterocycles. The highest BCUT2D eigenvalue weighted by molar-refractivity contribution is 7.99. The van der Waals surface area contributed by atoms with Crippen molar-refractivity contribution in [1.82, 2.24) is 15.1 Å². The Hall–Kier alpha value is -0.830. The van der Waals surface area contributed by atoms with Crippen molar-refractivity contribution in [3.8, 4) is 0 Å². The maximum absolute atomic E-state index is 12.5. The minimum Gasteiger partial charge on any atom is -0.383 e. The molecule has 3 atom stereocenters. The molecular formula is C15H28N4O3S. The van der Waals surface area contributed by atoms with Crippen LogP contribution in [0.1, 0.15) is 19.3 Å². The third-order valence-corrected chi connectivity index (χ3v) is 5.62. The fourth-order valence-corrected chi connectivity index (χ4v) is 3.73. The number of hydrogen-bond donors (Lipinski definition) is 3. The summed E-state index contributed by atoms with van der Waals surface area (Å²) in [6.07, 6.45) is 3.00. The molecule has 0 radical (unpaired) electrons. The predicted octanol–water partition coefficient (Wildman–Crippen LogP) is -1.15. The van der Waals surface area contributed by atoms with E-state index in [1.165, 1.54) is 0 Å². The molecule has 7 nitrogen and oxygen atoms in total. The molecule has 23 heavy (non-hydrogen) atoms. The molecule has 132 valence electrons.